The Balaban J connectivity index is 1.34. The molecule has 9 heteroatoms. The summed E-state index contributed by atoms with van der Waals surface area (Å²) in [7, 11) is 1.69. The largest absolute Gasteiger partial charge is 0.489 e. The van der Waals surface area contributed by atoms with Crippen molar-refractivity contribution in [3.8, 4) is 16.3 Å². The number of nitrogens with zero attached hydrogens (tertiary/aromatic N) is 3. The van der Waals surface area contributed by atoms with Gasteiger partial charge < -0.3 is 14.4 Å². The molecule has 1 fully saturated rings. The van der Waals surface area contributed by atoms with Gasteiger partial charge >= 0.3 is 0 Å². The van der Waals surface area contributed by atoms with Crippen LogP contribution < -0.4 is 4.74 Å². The Morgan fingerprint density at radius 3 is 2.42 bits per heavy atom. The third kappa shape index (κ3) is 5.73. The van der Waals surface area contributed by atoms with E-state index in [0.29, 0.717) is 31.1 Å². The molecule has 0 aliphatic carbocycles. The third-order valence-corrected chi connectivity index (χ3v) is 6.43. The number of aromatic nitrogens is 1. The maximum absolute atomic E-state index is 13.7. The van der Waals surface area contributed by atoms with Crippen LogP contribution in [0.1, 0.15) is 16.1 Å². The Morgan fingerprint density at radius 2 is 1.76 bits per heavy atom. The number of hydrogen-bond donors (Lipinski definition) is 0. The van der Waals surface area contributed by atoms with Crippen molar-refractivity contribution in [1.29, 1.82) is 0 Å². The number of carbonyl (C=O) groups excluding carboxylic acids is 1. The summed E-state index contributed by atoms with van der Waals surface area (Å²) in [6, 6.07) is 10.8. The quantitative estimate of drug-likeness (QED) is 0.494. The van der Waals surface area contributed by atoms with Crippen molar-refractivity contribution < 1.29 is 23.0 Å². The highest BCUT2D eigenvalue weighted by molar-refractivity contribution is 7.13. The third-order valence-electron chi connectivity index (χ3n) is 5.54. The Kier molecular flexibility index (Phi) is 7.64. The summed E-state index contributed by atoms with van der Waals surface area (Å²) in [6.07, 6.45) is 0. The standard InChI is InChI=1S/C24H25F2N3O3S/c1-31-14-13-28-9-11-29(12-10-28)24(30)22-16-33-23(27-22)17-5-7-18(8-6-17)32-15-19-20(25)3-2-4-21(19)26/h2-8,16H,9-15H2,1H3. The van der Waals surface area contributed by atoms with Crippen LogP contribution in [0.15, 0.2) is 47.8 Å². The average Bonchev–Trinajstić information content (AvgIpc) is 3.33. The number of thiazole rings is 1. The second-order valence-electron chi connectivity index (χ2n) is 7.68. The van der Waals surface area contributed by atoms with Gasteiger partial charge in [0.15, 0.2) is 0 Å². The van der Waals surface area contributed by atoms with Crippen molar-refractivity contribution in [3.63, 3.8) is 0 Å². The first-order chi connectivity index (χ1) is 16.0. The first-order valence-corrected chi connectivity index (χ1v) is 11.6. The van der Waals surface area contributed by atoms with Gasteiger partial charge in [-0.1, -0.05) is 6.07 Å². The van der Waals surface area contributed by atoms with Crippen LogP contribution in [0.2, 0.25) is 0 Å². The molecule has 3 aromatic rings. The molecular formula is C24H25F2N3O3S. The summed E-state index contributed by atoms with van der Waals surface area (Å²) in [4.78, 5) is 21.5. The summed E-state index contributed by atoms with van der Waals surface area (Å²) in [5.41, 5.74) is 1.17. The molecule has 1 amide bonds. The number of amides is 1. The molecule has 0 bridgehead atoms. The fraction of sp³-hybridized carbons (Fsp3) is 0.333. The minimum absolute atomic E-state index is 0.0595. The van der Waals surface area contributed by atoms with Gasteiger partial charge in [-0.05, 0) is 36.4 Å². The van der Waals surface area contributed by atoms with Gasteiger partial charge in [-0.2, -0.15) is 0 Å². The van der Waals surface area contributed by atoms with Crippen LogP contribution in [0.5, 0.6) is 5.75 Å². The molecule has 0 saturated carbocycles. The lowest BCUT2D eigenvalue weighted by atomic mass is 10.2. The van der Waals surface area contributed by atoms with Crippen molar-refractivity contribution in [1.82, 2.24) is 14.8 Å². The highest BCUT2D eigenvalue weighted by atomic mass is 32.1. The number of halogens is 2. The first-order valence-electron chi connectivity index (χ1n) is 10.7. The van der Waals surface area contributed by atoms with Crippen LogP contribution in [0, 0.1) is 11.6 Å². The number of carbonyl (C=O) groups is 1. The van der Waals surface area contributed by atoms with E-state index >= 15 is 0 Å². The predicted octanol–water partition coefficient (Wildman–Crippen LogP) is 4.07. The van der Waals surface area contributed by atoms with E-state index in [2.05, 4.69) is 9.88 Å². The normalized spacial score (nSPS) is 14.5. The molecule has 1 aliphatic heterocycles. The Bertz CT molecular complexity index is 1060. The average molecular weight is 474 g/mol. The van der Waals surface area contributed by atoms with Gasteiger partial charge in [0.2, 0.25) is 0 Å². The predicted molar refractivity (Wildman–Crippen MR) is 122 cm³/mol. The van der Waals surface area contributed by atoms with E-state index < -0.39 is 11.6 Å². The number of methoxy groups -OCH3 is 1. The second-order valence-corrected chi connectivity index (χ2v) is 8.54. The zero-order valence-electron chi connectivity index (χ0n) is 18.3. The van der Waals surface area contributed by atoms with Gasteiger partial charge in [-0.3, -0.25) is 9.69 Å². The number of hydrogen-bond acceptors (Lipinski definition) is 6. The molecule has 0 spiro atoms. The second kappa shape index (κ2) is 10.8. The SMILES string of the molecule is COCCN1CCN(C(=O)c2csc(-c3ccc(OCc4c(F)cccc4F)cc3)n2)CC1. The number of piperazine rings is 1. The Labute approximate surface area is 195 Å². The molecule has 2 heterocycles. The summed E-state index contributed by atoms with van der Waals surface area (Å²) < 4.78 is 38.1. The van der Waals surface area contributed by atoms with E-state index in [4.69, 9.17) is 9.47 Å². The van der Waals surface area contributed by atoms with Crippen molar-refractivity contribution in [2.45, 2.75) is 6.61 Å². The van der Waals surface area contributed by atoms with E-state index in [1.807, 2.05) is 17.0 Å². The van der Waals surface area contributed by atoms with Crippen molar-refractivity contribution in [2.24, 2.45) is 0 Å². The molecule has 4 rings (SSSR count). The number of rotatable bonds is 8. The molecule has 0 unspecified atom stereocenters. The number of ether oxygens (including phenoxy) is 2. The maximum atomic E-state index is 13.7. The highest BCUT2D eigenvalue weighted by Crippen LogP contribution is 2.27. The van der Waals surface area contributed by atoms with Gasteiger partial charge in [0.25, 0.3) is 5.91 Å². The monoisotopic (exact) mass is 473 g/mol. The Hall–Kier alpha value is -2.88. The van der Waals surface area contributed by atoms with Crippen LogP contribution in [-0.2, 0) is 11.3 Å². The minimum Gasteiger partial charge on any atom is -0.489 e. The van der Waals surface area contributed by atoms with Crippen LogP contribution in [0.3, 0.4) is 0 Å². The summed E-state index contributed by atoms with van der Waals surface area (Å²) in [5.74, 6) is -0.845. The van der Waals surface area contributed by atoms with E-state index in [0.717, 1.165) is 30.2 Å². The summed E-state index contributed by atoms with van der Waals surface area (Å²) in [5, 5.41) is 2.50. The lowest BCUT2D eigenvalue weighted by Crippen LogP contribution is -2.49. The molecule has 0 atom stereocenters. The molecule has 1 aliphatic rings. The van der Waals surface area contributed by atoms with E-state index in [1.54, 1.807) is 24.6 Å². The maximum Gasteiger partial charge on any atom is 0.273 e. The fourth-order valence-corrected chi connectivity index (χ4v) is 4.38. The number of benzene rings is 2. The smallest absolute Gasteiger partial charge is 0.273 e. The first kappa shape index (κ1) is 23.3. The van der Waals surface area contributed by atoms with E-state index in [9.17, 15) is 13.6 Å². The summed E-state index contributed by atoms with van der Waals surface area (Å²) >= 11 is 1.40. The zero-order valence-corrected chi connectivity index (χ0v) is 19.1. The van der Waals surface area contributed by atoms with Gasteiger partial charge in [-0.15, -0.1) is 11.3 Å². The lowest BCUT2D eigenvalue weighted by molar-refractivity contribution is 0.0589. The van der Waals surface area contributed by atoms with E-state index in [1.165, 1.54) is 29.5 Å². The fourth-order valence-electron chi connectivity index (χ4n) is 3.58. The van der Waals surface area contributed by atoms with Gasteiger partial charge in [-0.25, -0.2) is 13.8 Å². The van der Waals surface area contributed by atoms with Crippen molar-refractivity contribution in [3.05, 3.63) is 70.7 Å². The molecule has 0 N–H and O–H groups in total. The van der Waals surface area contributed by atoms with Crippen molar-refractivity contribution in [2.75, 3.05) is 46.4 Å². The summed E-state index contributed by atoms with van der Waals surface area (Å²) in [6.45, 7) is 4.34. The molecule has 33 heavy (non-hydrogen) atoms. The van der Waals surface area contributed by atoms with E-state index in [-0.39, 0.29) is 18.1 Å². The van der Waals surface area contributed by atoms with Crippen LogP contribution in [0.25, 0.3) is 10.6 Å². The van der Waals surface area contributed by atoms with Gasteiger partial charge in [0.1, 0.15) is 34.7 Å². The molecule has 2 aromatic carbocycles. The minimum atomic E-state index is -0.636. The molecule has 174 valence electrons. The zero-order chi connectivity index (χ0) is 23.2. The van der Waals surface area contributed by atoms with Crippen LogP contribution >= 0.6 is 11.3 Å². The topological polar surface area (TPSA) is 54.9 Å². The molecular weight excluding hydrogens is 448 g/mol. The molecule has 0 radical (unpaired) electrons. The van der Waals surface area contributed by atoms with Gasteiger partial charge in [0.05, 0.1) is 12.2 Å². The molecule has 1 saturated heterocycles. The lowest BCUT2D eigenvalue weighted by Gasteiger charge is -2.34. The Morgan fingerprint density at radius 1 is 1.06 bits per heavy atom. The molecule has 6 nitrogen and oxygen atoms in total. The molecule has 1 aromatic heterocycles. The van der Waals surface area contributed by atoms with Gasteiger partial charge in [0, 0.05) is 50.8 Å². The highest BCUT2D eigenvalue weighted by Gasteiger charge is 2.24. The van der Waals surface area contributed by atoms with Crippen LogP contribution in [0.4, 0.5) is 8.78 Å². The van der Waals surface area contributed by atoms with Crippen molar-refractivity contribution >= 4 is 17.2 Å². The van der Waals surface area contributed by atoms with Crippen LogP contribution in [-0.4, -0.2) is 67.1 Å².